The second-order valence-electron chi connectivity index (χ2n) is 10.0. The number of carboxylic acid groups (broad SMARTS) is 1. The highest BCUT2D eigenvalue weighted by Gasteiger charge is 2.34. The van der Waals surface area contributed by atoms with Gasteiger partial charge >= 0.3 is 5.97 Å². The van der Waals surface area contributed by atoms with Crippen molar-refractivity contribution in [1.29, 1.82) is 0 Å². The number of carboxylic acids is 1. The molecule has 9 heteroatoms. The van der Waals surface area contributed by atoms with E-state index >= 15 is 0 Å². The topological polar surface area (TPSA) is 151 Å². The van der Waals surface area contributed by atoms with E-state index in [0.29, 0.717) is 19.3 Å². The fourth-order valence-electron chi connectivity index (χ4n) is 3.48. The predicted molar refractivity (Wildman–Crippen MR) is 129 cm³/mol. The summed E-state index contributed by atoms with van der Waals surface area (Å²) in [5.74, 6) is -2.67. The molecule has 0 radical (unpaired) electrons. The van der Waals surface area contributed by atoms with Gasteiger partial charge in [-0.05, 0) is 36.5 Å². The molecule has 0 aliphatic rings. The van der Waals surface area contributed by atoms with E-state index in [9.17, 15) is 24.3 Å². The third-order valence-electron chi connectivity index (χ3n) is 5.97. The molecule has 3 amide bonds. The Labute approximate surface area is 199 Å². The van der Waals surface area contributed by atoms with Crippen LogP contribution in [0.25, 0.3) is 0 Å². The summed E-state index contributed by atoms with van der Waals surface area (Å²) in [5, 5.41) is 17.6. The van der Waals surface area contributed by atoms with E-state index in [1.807, 2.05) is 55.4 Å². The number of hydrogen-bond acceptors (Lipinski definition) is 5. The number of nitrogens with one attached hydrogen (secondary N) is 3. The van der Waals surface area contributed by atoms with E-state index in [1.165, 1.54) is 0 Å². The molecule has 0 aromatic heterocycles. The molecule has 192 valence electrons. The third kappa shape index (κ3) is 11.0. The molecule has 0 aromatic rings. The maximum Gasteiger partial charge on any atom is 0.326 e. The Hall–Kier alpha value is -2.16. The summed E-state index contributed by atoms with van der Waals surface area (Å²) in [4.78, 5) is 50.4. The van der Waals surface area contributed by atoms with Crippen molar-refractivity contribution >= 4 is 23.7 Å². The molecule has 33 heavy (non-hydrogen) atoms. The minimum Gasteiger partial charge on any atom is -0.480 e. The first-order valence-electron chi connectivity index (χ1n) is 12.1. The van der Waals surface area contributed by atoms with E-state index in [4.69, 9.17) is 5.73 Å². The van der Waals surface area contributed by atoms with Gasteiger partial charge in [0.15, 0.2) is 0 Å². The van der Waals surface area contributed by atoms with Crippen molar-refractivity contribution in [2.24, 2.45) is 29.4 Å². The van der Waals surface area contributed by atoms with Gasteiger partial charge in [0.25, 0.3) is 0 Å². The Bertz CT molecular complexity index is 653. The minimum atomic E-state index is -1.12. The first-order chi connectivity index (χ1) is 15.2. The van der Waals surface area contributed by atoms with Gasteiger partial charge in [0.2, 0.25) is 17.7 Å². The van der Waals surface area contributed by atoms with Gasteiger partial charge in [-0.3, -0.25) is 14.4 Å². The van der Waals surface area contributed by atoms with E-state index in [2.05, 4.69) is 16.0 Å². The maximum absolute atomic E-state index is 13.2. The number of amides is 3. The number of rotatable bonds is 15. The Balaban J connectivity index is 5.60. The van der Waals surface area contributed by atoms with Gasteiger partial charge in [-0.15, -0.1) is 0 Å². The van der Waals surface area contributed by atoms with Crippen molar-refractivity contribution in [3.63, 3.8) is 0 Å². The molecule has 0 saturated carbocycles. The van der Waals surface area contributed by atoms with Crippen LogP contribution in [-0.2, 0) is 19.2 Å². The highest BCUT2D eigenvalue weighted by Crippen LogP contribution is 2.14. The van der Waals surface area contributed by atoms with Gasteiger partial charge in [-0.2, -0.15) is 0 Å². The van der Waals surface area contributed by atoms with Crippen molar-refractivity contribution in [3.8, 4) is 0 Å². The molecule has 9 nitrogen and oxygen atoms in total. The van der Waals surface area contributed by atoms with Gasteiger partial charge in [0.1, 0.15) is 18.1 Å². The minimum absolute atomic E-state index is 0.0723. The Morgan fingerprint density at radius 3 is 1.45 bits per heavy atom. The van der Waals surface area contributed by atoms with Gasteiger partial charge in [0.05, 0.1) is 6.04 Å². The zero-order valence-electron chi connectivity index (χ0n) is 21.6. The number of nitrogens with two attached hydrogens (primary N) is 1. The molecule has 0 saturated heterocycles. The van der Waals surface area contributed by atoms with Gasteiger partial charge in [0, 0.05) is 0 Å². The standard InChI is InChI=1S/C24H46N4O5/c1-9-15(7)19(22(30)26-18(24(32)33)12-14(5)6)28-23(31)20(16(8)10-2)27-21(29)17(25)11-13(3)4/h13-20H,9-12,25H2,1-8H3,(H,26,30)(H,27,29)(H,28,31)(H,32,33). The van der Waals surface area contributed by atoms with Crippen LogP contribution in [0.3, 0.4) is 0 Å². The molecular weight excluding hydrogens is 424 g/mol. The first kappa shape index (κ1) is 30.8. The van der Waals surface area contributed by atoms with Gasteiger partial charge in [-0.25, -0.2) is 4.79 Å². The van der Waals surface area contributed by atoms with Crippen LogP contribution in [-0.4, -0.2) is 53.0 Å². The number of aliphatic carboxylic acids is 1. The number of carbonyl (C=O) groups is 4. The number of carbonyl (C=O) groups excluding carboxylic acids is 3. The summed E-state index contributed by atoms with van der Waals surface area (Å²) < 4.78 is 0. The van der Waals surface area contributed by atoms with E-state index in [-0.39, 0.29) is 30.1 Å². The summed E-state index contributed by atoms with van der Waals surface area (Å²) in [7, 11) is 0. The molecular formula is C24H46N4O5. The molecule has 0 aliphatic heterocycles. The summed E-state index contributed by atoms with van der Waals surface area (Å²) in [6.45, 7) is 15.1. The van der Waals surface area contributed by atoms with E-state index in [1.54, 1.807) is 0 Å². The molecule has 6 atom stereocenters. The molecule has 6 N–H and O–H groups in total. The Morgan fingerprint density at radius 2 is 1.09 bits per heavy atom. The van der Waals surface area contributed by atoms with Gasteiger partial charge < -0.3 is 26.8 Å². The van der Waals surface area contributed by atoms with Crippen molar-refractivity contribution < 1.29 is 24.3 Å². The van der Waals surface area contributed by atoms with Crippen LogP contribution in [0.4, 0.5) is 0 Å². The summed E-state index contributed by atoms with van der Waals surface area (Å²) in [6, 6.07) is -3.55. The Kier molecular flexibility index (Phi) is 13.9. The lowest BCUT2D eigenvalue weighted by molar-refractivity contribution is -0.143. The van der Waals surface area contributed by atoms with Crippen LogP contribution >= 0.6 is 0 Å². The lowest BCUT2D eigenvalue weighted by Gasteiger charge is -2.30. The summed E-state index contributed by atoms with van der Waals surface area (Å²) in [5.41, 5.74) is 5.99. The largest absolute Gasteiger partial charge is 0.480 e. The van der Waals surface area contributed by atoms with Crippen molar-refractivity contribution in [3.05, 3.63) is 0 Å². The van der Waals surface area contributed by atoms with Crippen LogP contribution in [0.5, 0.6) is 0 Å². The summed E-state index contributed by atoms with van der Waals surface area (Å²) in [6.07, 6.45) is 2.00. The molecule has 0 rings (SSSR count). The van der Waals surface area contributed by atoms with Crippen molar-refractivity contribution in [1.82, 2.24) is 16.0 Å². The normalized spacial score (nSPS) is 16.9. The van der Waals surface area contributed by atoms with Crippen LogP contribution in [0, 0.1) is 23.7 Å². The van der Waals surface area contributed by atoms with E-state index < -0.39 is 47.9 Å². The van der Waals surface area contributed by atoms with Crippen LogP contribution < -0.4 is 21.7 Å². The second kappa shape index (κ2) is 14.9. The molecule has 0 spiro atoms. The quantitative estimate of drug-likeness (QED) is 0.247. The van der Waals surface area contributed by atoms with Crippen molar-refractivity contribution in [2.45, 2.75) is 105 Å². The third-order valence-corrected chi connectivity index (χ3v) is 5.97. The SMILES string of the molecule is CCC(C)C(NC(=O)C(N)CC(C)C)C(=O)NC(C(=O)NC(CC(C)C)C(=O)O)C(C)CC. The van der Waals surface area contributed by atoms with Crippen LogP contribution in [0.2, 0.25) is 0 Å². The lowest BCUT2D eigenvalue weighted by atomic mass is 9.94. The average molecular weight is 471 g/mol. The highest BCUT2D eigenvalue weighted by molar-refractivity contribution is 5.94. The Morgan fingerprint density at radius 1 is 0.697 bits per heavy atom. The second-order valence-corrected chi connectivity index (χ2v) is 10.0. The van der Waals surface area contributed by atoms with Crippen LogP contribution in [0.15, 0.2) is 0 Å². The fourth-order valence-corrected chi connectivity index (χ4v) is 3.48. The summed E-state index contributed by atoms with van der Waals surface area (Å²) >= 11 is 0. The van der Waals surface area contributed by atoms with Crippen LogP contribution in [0.1, 0.15) is 81.1 Å². The smallest absolute Gasteiger partial charge is 0.326 e. The van der Waals surface area contributed by atoms with Gasteiger partial charge in [-0.1, -0.05) is 68.2 Å². The first-order valence-corrected chi connectivity index (χ1v) is 12.1. The molecule has 0 fully saturated rings. The zero-order valence-corrected chi connectivity index (χ0v) is 21.6. The number of hydrogen-bond donors (Lipinski definition) is 5. The molecule has 0 aliphatic carbocycles. The molecule has 6 unspecified atom stereocenters. The lowest BCUT2D eigenvalue weighted by Crippen LogP contribution is -2.60. The average Bonchev–Trinajstić information content (AvgIpc) is 2.72. The zero-order chi connectivity index (χ0) is 25.9. The highest BCUT2D eigenvalue weighted by atomic mass is 16.4. The monoisotopic (exact) mass is 470 g/mol. The molecule has 0 heterocycles. The predicted octanol–water partition coefficient (Wildman–Crippen LogP) is 2.04. The molecule has 0 aromatic carbocycles. The maximum atomic E-state index is 13.2. The van der Waals surface area contributed by atoms with E-state index in [0.717, 1.165) is 0 Å². The molecule has 0 bridgehead atoms. The fraction of sp³-hybridized carbons (Fsp3) is 0.833. The van der Waals surface area contributed by atoms with Crippen molar-refractivity contribution in [2.75, 3.05) is 0 Å².